The molecule has 2 nitrogen and oxygen atoms in total. The van der Waals surface area contributed by atoms with Crippen molar-refractivity contribution in [2.45, 2.75) is 20.8 Å². The van der Waals surface area contributed by atoms with Gasteiger partial charge < -0.3 is 5.32 Å². The first-order chi connectivity index (χ1) is 8.97. The minimum atomic E-state index is -0.0810. The molecule has 0 spiro atoms. The van der Waals surface area contributed by atoms with Crippen molar-refractivity contribution in [2.24, 2.45) is 0 Å². The molecule has 1 N–H and O–H groups in total. The molecule has 0 saturated heterocycles. The first kappa shape index (κ1) is 13.8. The summed E-state index contributed by atoms with van der Waals surface area (Å²) in [5.74, 6) is -0.0810. The van der Waals surface area contributed by atoms with E-state index in [-0.39, 0.29) is 5.91 Å². The number of carbonyl (C=O) groups excluding carboxylic acids is 1. The van der Waals surface area contributed by atoms with Gasteiger partial charge in [-0.25, -0.2) is 0 Å². The molecule has 3 heteroatoms. The maximum Gasteiger partial charge on any atom is 0.255 e. The Kier molecular flexibility index (Phi) is 4.05. The van der Waals surface area contributed by atoms with E-state index >= 15 is 0 Å². The summed E-state index contributed by atoms with van der Waals surface area (Å²) < 4.78 is 0.965. The fourth-order valence-electron chi connectivity index (χ4n) is 2.16. The minimum Gasteiger partial charge on any atom is -0.322 e. The quantitative estimate of drug-likeness (QED) is 0.859. The van der Waals surface area contributed by atoms with E-state index in [1.807, 2.05) is 26.0 Å². The van der Waals surface area contributed by atoms with Crippen molar-refractivity contribution in [1.29, 1.82) is 0 Å². The van der Waals surface area contributed by atoms with Gasteiger partial charge in [0.05, 0.1) is 0 Å². The van der Waals surface area contributed by atoms with E-state index in [2.05, 4.69) is 40.3 Å². The van der Waals surface area contributed by atoms with E-state index in [0.717, 1.165) is 21.3 Å². The smallest absolute Gasteiger partial charge is 0.255 e. The zero-order valence-electron chi connectivity index (χ0n) is 11.3. The third-order valence-electron chi connectivity index (χ3n) is 3.02. The van der Waals surface area contributed by atoms with Crippen LogP contribution >= 0.6 is 15.9 Å². The predicted molar refractivity (Wildman–Crippen MR) is 82.7 cm³/mol. The van der Waals surface area contributed by atoms with Crippen LogP contribution in [0.5, 0.6) is 0 Å². The highest BCUT2D eigenvalue weighted by Crippen LogP contribution is 2.22. The Morgan fingerprint density at radius 1 is 1.00 bits per heavy atom. The summed E-state index contributed by atoms with van der Waals surface area (Å²) in [4.78, 5) is 12.2. The van der Waals surface area contributed by atoms with Crippen LogP contribution in [0.15, 0.2) is 40.9 Å². The molecule has 0 aromatic heterocycles. The van der Waals surface area contributed by atoms with Crippen LogP contribution in [0, 0.1) is 20.8 Å². The lowest BCUT2D eigenvalue weighted by Crippen LogP contribution is -2.13. The summed E-state index contributed by atoms with van der Waals surface area (Å²) >= 11 is 3.36. The highest BCUT2D eigenvalue weighted by Gasteiger charge is 2.10. The van der Waals surface area contributed by atoms with Gasteiger partial charge in [-0.15, -0.1) is 0 Å². The van der Waals surface area contributed by atoms with Crippen LogP contribution in [0.4, 0.5) is 5.69 Å². The van der Waals surface area contributed by atoms with Gasteiger partial charge in [-0.2, -0.15) is 0 Å². The normalized spacial score (nSPS) is 10.3. The molecule has 0 aliphatic heterocycles. The maximum absolute atomic E-state index is 12.2. The zero-order valence-corrected chi connectivity index (χ0v) is 12.8. The van der Waals surface area contributed by atoms with Gasteiger partial charge in [0.25, 0.3) is 5.91 Å². The molecule has 2 aromatic carbocycles. The molecule has 0 bridgehead atoms. The summed E-state index contributed by atoms with van der Waals surface area (Å²) in [7, 11) is 0. The lowest BCUT2D eigenvalue weighted by atomic mass is 10.0. The molecule has 1 amide bonds. The van der Waals surface area contributed by atoms with Crippen molar-refractivity contribution in [3.63, 3.8) is 0 Å². The first-order valence-corrected chi connectivity index (χ1v) is 6.91. The molecule has 2 rings (SSSR count). The van der Waals surface area contributed by atoms with E-state index in [9.17, 15) is 4.79 Å². The summed E-state index contributed by atoms with van der Waals surface area (Å²) in [6.07, 6.45) is 0. The number of aryl methyl sites for hydroxylation is 3. The van der Waals surface area contributed by atoms with Gasteiger partial charge in [0.15, 0.2) is 0 Å². The Morgan fingerprint density at radius 2 is 1.53 bits per heavy atom. The Morgan fingerprint density at radius 3 is 2.05 bits per heavy atom. The SMILES string of the molecule is Cc1cc(C)c(NC(=O)c2ccc(Br)cc2)c(C)c1. The van der Waals surface area contributed by atoms with E-state index < -0.39 is 0 Å². The second kappa shape index (κ2) is 5.57. The van der Waals surface area contributed by atoms with Gasteiger partial charge >= 0.3 is 0 Å². The van der Waals surface area contributed by atoms with Crippen LogP contribution in [-0.4, -0.2) is 5.91 Å². The van der Waals surface area contributed by atoms with Crippen LogP contribution < -0.4 is 5.32 Å². The van der Waals surface area contributed by atoms with Crippen molar-refractivity contribution >= 4 is 27.5 Å². The predicted octanol–water partition coefficient (Wildman–Crippen LogP) is 4.63. The number of halogens is 1. The highest BCUT2D eigenvalue weighted by molar-refractivity contribution is 9.10. The van der Waals surface area contributed by atoms with Gasteiger partial charge in [-0.1, -0.05) is 33.6 Å². The molecule has 0 aliphatic rings. The van der Waals surface area contributed by atoms with Gasteiger partial charge in [0.1, 0.15) is 0 Å². The highest BCUT2D eigenvalue weighted by atomic mass is 79.9. The molecule has 0 atom stereocenters. The second-order valence-corrected chi connectivity index (χ2v) is 5.65. The second-order valence-electron chi connectivity index (χ2n) is 4.73. The molecule has 2 aromatic rings. The Balaban J connectivity index is 2.26. The maximum atomic E-state index is 12.2. The van der Waals surface area contributed by atoms with Gasteiger partial charge in [-0.3, -0.25) is 4.79 Å². The number of nitrogens with one attached hydrogen (secondary N) is 1. The molecule has 0 heterocycles. The van der Waals surface area contributed by atoms with Crippen molar-refractivity contribution in [1.82, 2.24) is 0 Å². The Hall–Kier alpha value is -1.61. The molecule has 0 radical (unpaired) electrons. The topological polar surface area (TPSA) is 29.1 Å². The summed E-state index contributed by atoms with van der Waals surface area (Å²) in [6, 6.07) is 11.5. The van der Waals surface area contributed by atoms with Gasteiger partial charge in [0, 0.05) is 15.7 Å². The zero-order chi connectivity index (χ0) is 14.0. The number of hydrogen-bond acceptors (Lipinski definition) is 1. The largest absolute Gasteiger partial charge is 0.322 e. The van der Waals surface area contributed by atoms with Crippen LogP contribution in [0.25, 0.3) is 0 Å². The third-order valence-corrected chi connectivity index (χ3v) is 3.55. The Bertz CT molecular complexity index is 594. The van der Waals surface area contributed by atoms with E-state index in [0.29, 0.717) is 5.56 Å². The number of anilines is 1. The van der Waals surface area contributed by atoms with Gasteiger partial charge in [0.2, 0.25) is 0 Å². The number of benzene rings is 2. The summed E-state index contributed by atoms with van der Waals surface area (Å²) in [6.45, 7) is 6.08. The molecule has 0 fully saturated rings. The van der Waals surface area contributed by atoms with Crippen LogP contribution in [-0.2, 0) is 0 Å². The lowest BCUT2D eigenvalue weighted by Gasteiger charge is -2.12. The van der Waals surface area contributed by atoms with Crippen LogP contribution in [0.3, 0.4) is 0 Å². The molecule has 0 saturated carbocycles. The number of carbonyl (C=O) groups is 1. The summed E-state index contributed by atoms with van der Waals surface area (Å²) in [5, 5.41) is 2.99. The van der Waals surface area contributed by atoms with E-state index in [1.165, 1.54) is 5.56 Å². The monoisotopic (exact) mass is 317 g/mol. The average Bonchev–Trinajstić information content (AvgIpc) is 2.34. The lowest BCUT2D eigenvalue weighted by molar-refractivity contribution is 0.102. The summed E-state index contributed by atoms with van der Waals surface area (Å²) in [5.41, 5.74) is 4.93. The van der Waals surface area contributed by atoms with Crippen molar-refractivity contribution in [3.05, 3.63) is 63.1 Å². The van der Waals surface area contributed by atoms with E-state index in [4.69, 9.17) is 0 Å². The molecular weight excluding hydrogens is 302 g/mol. The van der Waals surface area contributed by atoms with Crippen molar-refractivity contribution in [3.8, 4) is 0 Å². The number of rotatable bonds is 2. The van der Waals surface area contributed by atoms with E-state index in [1.54, 1.807) is 12.1 Å². The molecule has 0 aliphatic carbocycles. The number of hydrogen-bond donors (Lipinski definition) is 1. The molecule has 19 heavy (non-hydrogen) atoms. The average molecular weight is 318 g/mol. The van der Waals surface area contributed by atoms with Crippen molar-refractivity contribution in [2.75, 3.05) is 5.32 Å². The standard InChI is InChI=1S/C16H16BrNO/c1-10-8-11(2)15(12(3)9-10)18-16(19)13-4-6-14(17)7-5-13/h4-9H,1-3H3,(H,18,19). The fourth-order valence-corrected chi connectivity index (χ4v) is 2.43. The van der Waals surface area contributed by atoms with Crippen LogP contribution in [0.2, 0.25) is 0 Å². The molecule has 0 unspecified atom stereocenters. The molecular formula is C16H16BrNO. The van der Waals surface area contributed by atoms with Gasteiger partial charge in [-0.05, 0) is 56.2 Å². The first-order valence-electron chi connectivity index (χ1n) is 6.12. The minimum absolute atomic E-state index is 0.0810. The number of amides is 1. The van der Waals surface area contributed by atoms with Crippen LogP contribution in [0.1, 0.15) is 27.0 Å². The Labute approximate surface area is 122 Å². The third kappa shape index (κ3) is 3.24. The van der Waals surface area contributed by atoms with Crippen molar-refractivity contribution < 1.29 is 4.79 Å². The molecule has 98 valence electrons. The fraction of sp³-hybridized carbons (Fsp3) is 0.188.